The minimum Gasteiger partial charge on any atom is -0.512 e. The van der Waals surface area contributed by atoms with E-state index in [1.807, 2.05) is 37.3 Å². The Bertz CT molecular complexity index is 939. The molecule has 0 fully saturated rings. The Morgan fingerprint density at radius 3 is 2.43 bits per heavy atom. The Balaban J connectivity index is 2.49. The van der Waals surface area contributed by atoms with Crippen LogP contribution in [0.25, 0.3) is 22.7 Å². The normalized spacial score (nSPS) is 12.7. The summed E-state index contributed by atoms with van der Waals surface area (Å²) < 4.78 is 1.56. The van der Waals surface area contributed by atoms with Crippen molar-refractivity contribution in [2.75, 3.05) is 0 Å². The van der Waals surface area contributed by atoms with Crippen LogP contribution in [0.1, 0.15) is 18.3 Å². The number of hydrogen-bond donors (Lipinski definition) is 1. The molecule has 0 atom stereocenters. The van der Waals surface area contributed by atoms with E-state index in [4.69, 9.17) is 0 Å². The summed E-state index contributed by atoms with van der Waals surface area (Å²) in [6, 6.07) is 9.70. The fourth-order valence-electron chi connectivity index (χ4n) is 2.59. The van der Waals surface area contributed by atoms with Crippen molar-refractivity contribution in [3.63, 3.8) is 0 Å². The van der Waals surface area contributed by atoms with Crippen LogP contribution in [0.3, 0.4) is 0 Å². The summed E-state index contributed by atoms with van der Waals surface area (Å²) in [5.41, 5.74) is 2.91. The average molecular weight is 281 g/mol. The number of aromatic nitrogens is 3. The lowest BCUT2D eigenvalue weighted by Crippen LogP contribution is -2.33. The van der Waals surface area contributed by atoms with Crippen LogP contribution in [-0.2, 0) is 0 Å². The van der Waals surface area contributed by atoms with Gasteiger partial charge in [-0.05, 0) is 20.8 Å². The van der Waals surface area contributed by atoms with Crippen molar-refractivity contribution in [3.8, 4) is 11.3 Å². The van der Waals surface area contributed by atoms with Crippen LogP contribution in [0.2, 0.25) is 0 Å². The third-order valence-corrected chi connectivity index (χ3v) is 3.48. The van der Waals surface area contributed by atoms with Crippen LogP contribution >= 0.6 is 0 Å². The third kappa shape index (κ3) is 1.98. The van der Waals surface area contributed by atoms with Crippen molar-refractivity contribution < 1.29 is 5.11 Å². The molecule has 3 rings (SSSR count). The van der Waals surface area contributed by atoms with Crippen molar-refractivity contribution in [2.24, 2.45) is 0 Å². The highest BCUT2D eigenvalue weighted by molar-refractivity contribution is 5.66. The van der Waals surface area contributed by atoms with Gasteiger partial charge in [-0.15, -0.1) is 0 Å². The first-order chi connectivity index (χ1) is 10.0. The summed E-state index contributed by atoms with van der Waals surface area (Å²) in [4.78, 5) is 16.8. The van der Waals surface area contributed by atoms with Crippen LogP contribution in [0.4, 0.5) is 0 Å². The first-order valence-electron chi connectivity index (χ1n) is 6.66. The zero-order valence-corrected chi connectivity index (χ0v) is 12.1. The summed E-state index contributed by atoms with van der Waals surface area (Å²) in [6.07, 6.45) is 0. The molecule has 106 valence electrons. The molecular formula is C16H15N3O2. The Morgan fingerprint density at radius 2 is 1.81 bits per heavy atom. The van der Waals surface area contributed by atoms with Crippen LogP contribution in [0.15, 0.2) is 35.1 Å². The van der Waals surface area contributed by atoms with Gasteiger partial charge in [-0.2, -0.15) is 5.10 Å². The quantitative estimate of drug-likeness (QED) is 0.738. The van der Waals surface area contributed by atoms with Crippen molar-refractivity contribution in [1.29, 1.82) is 0 Å². The lowest BCUT2D eigenvalue weighted by molar-refractivity contribution is 0.497. The molecule has 2 aromatic heterocycles. The van der Waals surface area contributed by atoms with Gasteiger partial charge in [0.15, 0.2) is 0 Å². The molecule has 0 bridgehead atoms. The van der Waals surface area contributed by atoms with E-state index in [9.17, 15) is 9.90 Å². The fraction of sp³-hybridized carbons (Fsp3) is 0.188. The van der Waals surface area contributed by atoms with Gasteiger partial charge in [0.2, 0.25) is 11.1 Å². The highest BCUT2D eigenvalue weighted by Crippen LogP contribution is 2.22. The van der Waals surface area contributed by atoms with E-state index in [2.05, 4.69) is 10.1 Å². The van der Waals surface area contributed by atoms with E-state index in [-0.39, 0.29) is 22.1 Å². The van der Waals surface area contributed by atoms with Gasteiger partial charge in [-0.25, -0.2) is 9.50 Å². The molecule has 0 radical (unpaired) electrons. The van der Waals surface area contributed by atoms with Crippen molar-refractivity contribution >= 4 is 11.4 Å². The van der Waals surface area contributed by atoms with Crippen LogP contribution in [-0.4, -0.2) is 19.7 Å². The van der Waals surface area contributed by atoms with E-state index in [1.165, 1.54) is 6.92 Å². The molecule has 5 heteroatoms. The Kier molecular flexibility index (Phi) is 2.97. The number of fused-ring (bicyclic) bond motifs is 1. The van der Waals surface area contributed by atoms with Crippen molar-refractivity contribution in [3.05, 3.63) is 57.2 Å². The van der Waals surface area contributed by atoms with E-state index in [1.54, 1.807) is 11.4 Å². The molecule has 1 aromatic carbocycles. The lowest BCUT2D eigenvalue weighted by Gasteiger charge is -2.03. The molecule has 0 aliphatic carbocycles. The number of hydrogen-bond acceptors (Lipinski definition) is 4. The number of aryl methyl sites for hydroxylation is 2. The SMILES string of the molecule is CC(O)=c1c(C)nn2c(-c3ccccc3)c(C)nc2c1=O. The first-order valence-corrected chi connectivity index (χ1v) is 6.66. The summed E-state index contributed by atoms with van der Waals surface area (Å²) in [5, 5.41) is 14.3. The minimum atomic E-state index is -0.298. The standard InChI is InChI=1S/C16H15N3O2/c1-9-13(11(3)20)15(21)16-17-10(2)14(19(16)18-9)12-7-5-4-6-8-12/h4-8,20H,1-3H3. The van der Waals surface area contributed by atoms with Crippen LogP contribution in [0.5, 0.6) is 0 Å². The van der Waals surface area contributed by atoms with E-state index in [0.717, 1.165) is 17.0 Å². The van der Waals surface area contributed by atoms with Gasteiger partial charge in [0.1, 0.15) is 5.76 Å². The summed E-state index contributed by atoms with van der Waals surface area (Å²) in [6.45, 7) is 5.04. The molecule has 0 saturated heterocycles. The van der Waals surface area contributed by atoms with Gasteiger partial charge in [0.05, 0.1) is 22.3 Å². The Labute approximate surface area is 121 Å². The molecule has 0 aliphatic heterocycles. The smallest absolute Gasteiger partial charge is 0.235 e. The summed E-state index contributed by atoms with van der Waals surface area (Å²) in [5.74, 6) is -0.0329. The maximum absolute atomic E-state index is 12.5. The molecule has 0 amide bonds. The molecule has 3 aromatic rings. The molecule has 0 unspecified atom stereocenters. The molecule has 2 heterocycles. The lowest BCUT2D eigenvalue weighted by atomic mass is 10.1. The van der Waals surface area contributed by atoms with Crippen LogP contribution in [0, 0.1) is 13.8 Å². The van der Waals surface area contributed by atoms with Gasteiger partial charge in [0, 0.05) is 5.56 Å². The largest absolute Gasteiger partial charge is 0.512 e. The minimum absolute atomic E-state index is 0.0329. The summed E-state index contributed by atoms with van der Waals surface area (Å²) >= 11 is 0. The molecule has 0 spiro atoms. The average Bonchev–Trinajstić information content (AvgIpc) is 2.76. The highest BCUT2D eigenvalue weighted by atomic mass is 16.3. The van der Waals surface area contributed by atoms with Crippen molar-refractivity contribution in [1.82, 2.24) is 14.6 Å². The van der Waals surface area contributed by atoms with Gasteiger partial charge < -0.3 is 5.11 Å². The van der Waals surface area contributed by atoms with E-state index in [0.29, 0.717) is 5.69 Å². The fourth-order valence-corrected chi connectivity index (χ4v) is 2.59. The highest BCUT2D eigenvalue weighted by Gasteiger charge is 2.16. The molecule has 5 nitrogen and oxygen atoms in total. The maximum Gasteiger partial charge on any atom is 0.235 e. The molecular weight excluding hydrogens is 266 g/mol. The Hall–Kier alpha value is -2.69. The molecule has 0 saturated carbocycles. The number of benzene rings is 1. The second-order valence-corrected chi connectivity index (χ2v) is 5.02. The predicted octanol–water partition coefficient (Wildman–Crippen LogP) is 1.78. The van der Waals surface area contributed by atoms with Crippen molar-refractivity contribution in [2.45, 2.75) is 20.8 Å². The molecule has 21 heavy (non-hydrogen) atoms. The molecule has 1 N–H and O–H groups in total. The predicted molar refractivity (Wildman–Crippen MR) is 81.1 cm³/mol. The topological polar surface area (TPSA) is 67.5 Å². The Morgan fingerprint density at radius 1 is 1.14 bits per heavy atom. The number of aliphatic hydroxyl groups is 1. The number of imidazole rings is 1. The van der Waals surface area contributed by atoms with Gasteiger partial charge in [-0.3, -0.25) is 4.79 Å². The van der Waals surface area contributed by atoms with Gasteiger partial charge in [-0.1, -0.05) is 30.3 Å². The monoisotopic (exact) mass is 281 g/mol. The zero-order valence-electron chi connectivity index (χ0n) is 12.1. The second kappa shape index (κ2) is 4.70. The third-order valence-electron chi connectivity index (χ3n) is 3.48. The van der Waals surface area contributed by atoms with Gasteiger partial charge >= 0.3 is 0 Å². The molecule has 0 aliphatic rings. The number of nitrogens with zero attached hydrogens (tertiary/aromatic N) is 3. The second-order valence-electron chi connectivity index (χ2n) is 5.02. The number of rotatable bonds is 1. The summed E-state index contributed by atoms with van der Waals surface area (Å²) in [7, 11) is 0. The number of aliphatic hydroxyl groups excluding tert-OH is 1. The van der Waals surface area contributed by atoms with Crippen LogP contribution < -0.4 is 10.6 Å². The van der Waals surface area contributed by atoms with Gasteiger partial charge in [0.25, 0.3) is 0 Å². The zero-order chi connectivity index (χ0) is 15.1. The first kappa shape index (κ1) is 13.3. The van der Waals surface area contributed by atoms with E-state index >= 15 is 0 Å². The maximum atomic E-state index is 12.5. The van der Waals surface area contributed by atoms with E-state index < -0.39 is 0 Å².